The van der Waals surface area contributed by atoms with Gasteiger partial charge in [0, 0.05) is 26.2 Å². The van der Waals surface area contributed by atoms with Crippen LogP contribution in [0, 0.1) is 5.82 Å². The smallest absolute Gasteiger partial charge is 0.168 e. The highest BCUT2D eigenvalue weighted by Crippen LogP contribution is 2.28. The molecule has 0 saturated carbocycles. The normalized spacial score (nSPS) is 16.0. The number of halogens is 1. The number of nitrogens with zero attached hydrogens (tertiary/aromatic N) is 6. The fourth-order valence-corrected chi connectivity index (χ4v) is 4.17. The first-order valence-electron chi connectivity index (χ1n) is 10.8. The summed E-state index contributed by atoms with van der Waals surface area (Å²) >= 11 is 0. The highest BCUT2D eigenvalue weighted by molar-refractivity contribution is 5.48. The zero-order valence-electron chi connectivity index (χ0n) is 17.5. The van der Waals surface area contributed by atoms with Crippen molar-refractivity contribution in [2.24, 2.45) is 0 Å². The van der Waals surface area contributed by atoms with Crippen molar-refractivity contribution in [1.29, 1.82) is 0 Å². The zero-order chi connectivity index (χ0) is 20.8. The molecule has 1 atom stereocenters. The highest BCUT2D eigenvalue weighted by Gasteiger charge is 2.29. The first-order chi connectivity index (χ1) is 14.8. The molecule has 1 aromatic heterocycles. The maximum Gasteiger partial charge on any atom is 0.168 e. The lowest BCUT2D eigenvalue weighted by molar-refractivity contribution is 0.162. The summed E-state index contributed by atoms with van der Waals surface area (Å²) in [5.74, 6) is 0.770. The van der Waals surface area contributed by atoms with Crippen LogP contribution in [0.3, 0.4) is 0 Å². The molecule has 0 aliphatic carbocycles. The molecule has 0 bridgehead atoms. The van der Waals surface area contributed by atoms with Crippen molar-refractivity contribution in [3.05, 3.63) is 71.8 Å². The molecule has 0 amide bonds. The average Bonchev–Trinajstić information content (AvgIpc) is 3.23. The van der Waals surface area contributed by atoms with Gasteiger partial charge in [-0.15, -0.1) is 5.10 Å². The van der Waals surface area contributed by atoms with Crippen LogP contribution in [-0.4, -0.2) is 51.3 Å². The molecular weight excluding hydrogens is 379 g/mol. The number of piperazine rings is 1. The van der Waals surface area contributed by atoms with Crippen LogP contribution in [0.15, 0.2) is 54.6 Å². The van der Waals surface area contributed by atoms with Gasteiger partial charge in [0.05, 0.1) is 18.3 Å². The molecule has 7 heteroatoms. The SMILES string of the molecule is CCCC[C@@H](c1nnnn1Cc1ccccc1)N1CCN(c2ccccc2F)CC1. The van der Waals surface area contributed by atoms with E-state index in [1.54, 1.807) is 6.07 Å². The molecule has 1 saturated heterocycles. The van der Waals surface area contributed by atoms with E-state index >= 15 is 0 Å². The van der Waals surface area contributed by atoms with Crippen LogP contribution in [0.4, 0.5) is 10.1 Å². The van der Waals surface area contributed by atoms with Crippen molar-refractivity contribution in [3.8, 4) is 0 Å². The maximum atomic E-state index is 14.2. The van der Waals surface area contributed by atoms with Crippen LogP contribution >= 0.6 is 0 Å². The molecule has 2 heterocycles. The van der Waals surface area contributed by atoms with Crippen molar-refractivity contribution in [2.75, 3.05) is 31.1 Å². The van der Waals surface area contributed by atoms with Crippen molar-refractivity contribution in [3.63, 3.8) is 0 Å². The van der Waals surface area contributed by atoms with Gasteiger partial charge in [0.25, 0.3) is 0 Å². The number of tetrazole rings is 1. The van der Waals surface area contributed by atoms with Gasteiger partial charge in [0.2, 0.25) is 0 Å². The summed E-state index contributed by atoms with van der Waals surface area (Å²) in [5, 5.41) is 12.7. The van der Waals surface area contributed by atoms with Crippen LogP contribution < -0.4 is 4.90 Å². The van der Waals surface area contributed by atoms with Crippen molar-refractivity contribution >= 4 is 5.69 Å². The Bertz CT molecular complexity index is 920. The molecule has 30 heavy (non-hydrogen) atoms. The van der Waals surface area contributed by atoms with E-state index in [-0.39, 0.29) is 11.9 Å². The van der Waals surface area contributed by atoms with Crippen LogP contribution in [0.2, 0.25) is 0 Å². The predicted octanol–water partition coefficient (Wildman–Crippen LogP) is 3.91. The number of hydrogen-bond acceptors (Lipinski definition) is 5. The Morgan fingerprint density at radius 1 is 0.967 bits per heavy atom. The third-order valence-corrected chi connectivity index (χ3v) is 5.81. The lowest BCUT2D eigenvalue weighted by Gasteiger charge is -2.39. The Labute approximate surface area is 177 Å². The highest BCUT2D eigenvalue weighted by atomic mass is 19.1. The number of rotatable bonds is 8. The largest absolute Gasteiger partial charge is 0.367 e. The molecule has 158 valence electrons. The number of benzene rings is 2. The quantitative estimate of drug-likeness (QED) is 0.566. The van der Waals surface area contributed by atoms with Crippen molar-refractivity contribution < 1.29 is 4.39 Å². The summed E-state index contributed by atoms with van der Waals surface area (Å²) in [6.45, 7) is 6.19. The van der Waals surface area contributed by atoms with Gasteiger partial charge in [-0.05, 0) is 34.5 Å². The summed E-state index contributed by atoms with van der Waals surface area (Å²) in [5.41, 5.74) is 1.88. The van der Waals surface area contributed by atoms with E-state index in [9.17, 15) is 4.39 Å². The van der Waals surface area contributed by atoms with Gasteiger partial charge >= 0.3 is 0 Å². The minimum absolute atomic E-state index is 0.153. The van der Waals surface area contributed by atoms with Crippen molar-refractivity contribution in [1.82, 2.24) is 25.1 Å². The Kier molecular flexibility index (Phi) is 6.69. The second-order valence-electron chi connectivity index (χ2n) is 7.81. The third kappa shape index (κ3) is 4.67. The second-order valence-corrected chi connectivity index (χ2v) is 7.81. The zero-order valence-corrected chi connectivity index (χ0v) is 17.5. The first kappa shape index (κ1) is 20.5. The standard InChI is InChI=1S/C23H29FN6/c1-2-3-12-22(23-25-26-27-30(23)18-19-9-5-4-6-10-19)29-16-14-28(15-17-29)21-13-8-7-11-20(21)24/h4-11,13,22H,2-3,12,14-18H2,1H3/t22-/m0/s1. The summed E-state index contributed by atoms with van der Waals surface area (Å²) in [6, 6.07) is 17.5. The molecule has 3 aromatic rings. The number of hydrogen-bond donors (Lipinski definition) is 0. The Balaban J connectivity index is 1.49. The molecule has 2 aromatic carbocycles. The van der Waals surface area contributed by atoms with E-state index in [1.807, 2.05) is 35.0 Å². The minimum Gasteiger partial charge on any atom is -0.367 e. The summed E-state index contributed by atoms with van der Waals surface area (Å²) in [6.07, 6.45) is 3.27. The maximum absolute atomic E-state index is 14.2. The topological polar surface area (TPSA) is 50.1 Å². The molecule has 0 unspecified atom stereocenters. The number of para-hydroxylation sites is 1. The minimum atomic E-state index is -0.153. The van der Waals surface area contributed by atoms with Crippen LogP contribution in [-0.2, 0) is 6.54 Å². The summed E-state index contributed by atoms with van der Waals surface area (Å²) < 4.78 is 16.1. The van der Waals surface area contributed by atoms with Gasteiger partial charge in [-0.3, -0.25) is 4.90 Å². The number of unbranched alkanes of at least 4 members (excludes halogenated alkanes) is 1. The third-order valence-electron chi connectivity index (χ3n) is 5.81. The van der Waals surface area contributed by atoms with Crippen LogP contribution in [0.25, 0.3) is 0 Å². The molecule has 0 spiro atoms. The Morgan fingerprint density at radius 2 is 1.70 bits per heavy atom. The molecular formula is C23H29FN6. The predicted molar refractivity (Wildman–Crippen MR) is 116 cm³/mol. The second kappa shape index (κ2) is 9.80. The molecule has 4 rings (SSSR count). The van der Waals surface area contributed by atoms with Gasteiger partial charge in [-0.1, -0.05) is 62.2 Å². The number of aromatic nitrogens is 4. The van der Waals surface area contributed by atoms with Gasteiger partial charge in [0.15, 0.2) is 5.82 Å². The molecule has 1 aliphatic rings. The average molecular weight is 409 g/mol. The van der Waals surface area contributed by atoms with E-state index in [0.29, 0.717) is 12.2 Å². The van der Waals surface area contributed by atoms with Crippen LogP contribution in [0.5, 0.6) is 0 Å². The molecule has 1 fully saturated rings. The first-order valence-corrected chi connectivity index (χ1v) is 10.8. The van der Waals surface area contributed by atoms with E-state index in [2.05, 4.69) is 44.4 Å². The molecule has 0 N–H and O–H groups in total. The van der Waals surface area contributed by atoms with Gasteiger partial charge < -0.3 is 4.90 Å². The lowest BCUT2D eigenvalue weighted by Crippen LogP contribution is -2.48. The fraction of sp³-hybridized carbons (Fsp3) is 0.435. The Morgan fingerprint density at radius 3 is 2.43 bits per heavy atom. The number of anilines is 1. The molecule has 0 radical (unpaired) electrons. The Hall–Kier alpha value is -2.80. The van der Waals surface area contributed by atoms with E-state index in [0.717, 1.165) is 51.3 Å². The van der Waals surface area contributed by atoms with Crippen molar-refractivity contribution in [2.45, 2.75) is 38.8 Å². The van der Waals surface area contributed by atoms with Gasteiger partial charge in [-0.25, -0.2) is 9.07 Å². The molecule has 6 nitrogen and oxygen atoms in total. The summed E-state index contributed by atoms with van der Waals surface area (Å²) in [7, 11) is 0. The molecule has 1 aliphatic heterocycles. The fourth-order valence-electron chi connectivity index (χ4n) is 4.17. The van der Waals surface area contributed by atoms with Gasteiger partial charge in [0.1, 0.15) is 5.82 Å². The lowest BCUT2D eigenvalue weighted by atomic mass is 10.1. The van der Waals surface area contributed by atoms with E-state index in [1.165, 1.54) is 11.6 Å². The van der Waals surface area contributed by atoms with Crippen LogP contribution in [0.1, 0.15) is 43.6 Å². The van der Waals surface area contributed by atoms with E-state index < -0.39 is 0 Å². The monoisotopic (exact) mass is 408 g/mol. The van der Waals surface area contributed by atoms with Gasteiger partial charge in [-0.2, -0.15) is 0 Å². The summed E-state index contributed by atoms with van der Waals surface area (Å²) in [4.78, 5) is 4.59. The van der Waals surface area contributed by atoms with E-state index in [4.69, 9.17) is 0 Å².